The quantitative estimate of drug-likeness (QED) is 0.239. The number of rotatable bonds is 7. The van der Waals surface area contributed by atoms with Gasteiger partial charge in [-0.15, -0.1) is 0 Å². The molecule has 0 aliphatic carbocycles. The van der Waals surface area contributed by atoms with Crippen LogP contribution in [0.15, 0.2) is 68.8 Å². The molecule has 3 aromatic rings. The lowest BCUT2D eigenvalue weighted by Gasteiger charge is -2.11. The summed E-state index contributed by atoms with van der Waals surface area (Å²) in [7, 11) is 0. The summed E-state index contributed by atoms with van der Waals surface area (Å²) in [6.45, 7) is 3.73. The molecule has 154 valence electrons. The van der Waals surface area contributed by atoms with Crippen molar-refractivity contribution in [2.75, 3.05) is 6.61 Å². The van der Waals surface area contributed by atoms with Crippen LogP contribution in [0.4, 0.5) is 0 Å². The lowest BCUT2D eigenvalue weighted by atomic mass is 10.1. The highest BCUT2D eigenvalue weighted by Crippen LogP contribution is 2.30. The van der Waals surface area contributed by atoms with Gasteiger partial charge in [0.1, 0.15) is 11.5 Å². The van der Waals surface area contributed by atoms with Gasteiger partial charge in [0.2, 0.25) is 5.76 Å². The van der Waals surface area contributed by atoms with Crippen LogP contribution in [-0.2, 0) is 4.79 Å². The largest absolute Gasteiger partial charge is 0.482 e. The minimum absolute atomic E-state index is 0.124. The Kier molecular flexibility index (Phi) is 7.03. The molecule has 0 fully saturated rings. The second kappa shape index (κ2) is 9.89. The van der Waals surface area contributed by atoms with Gasteiger partial charge in [0, 0.05) is 0 Å². The number of nitrogens with one attached hydrogen (secondary N) is 1. The lowest BCUT2D eigenvalue weighted by Crippen LogP contribution is -2.24. The molecule has 0 aliphatic heterocycles. The summed E-state index contributed by atoms with van der Waals surface area (Å²) in [4.78, 5) is 23.8. The van der Waals surface area contributed by atoms with E-state index in [0.717, 1.165) is 15.6 Å². The second-order valence-electron chi connectivity index (χ2n) is 6.41. The molecule has 30 heavy (non-hydrogen) atoms. The van der Waals surface area contributed by atoms with Crippen LogP contribution >= 0.6 is 15.9 Å². The van der Waals surface area contributed by atoms with Crippen molar-refractivity contribution in [3.63, 3.8) is 0 Å². The molecule has 0 atom stereocenters. The molecule has 7 nitrogen and oxygen atoms in total. The molecule has 2 aromatic carbocycles. The number of aryl methyl sites for hydroxylation is 2. The van der Waals surface area contributed by atoms with E-state index in [-0.39, 0.29) is 18.3 Å². The fourth-order valence-corrected chi connectivity index (χ4v) is 3.40. The Morgan fingerprint density at radius 3 is 2.60 bits per heavy atom. The molecule has 3 rings (SSSR count). The molecule has 0 aliphatic rings. The number of hydrogen-bond acceptors (Lipinski definition) is 6. The Hall–Kier alpha value is -3.39. The minimum Gasteiger partial charge on any atom is -0.482 e. The normalized spacial score (nSPS) is 10.8. The van der Waals surface area contributed by atoms with Crippen LogP contribution in [-0.4, -0.2) is 24.7 Å². The van der Waals surface area contributed by atoms with Crippen molar-refractivity contribution in [3.05, 3.63) is 81.7 Å². The number of benzene rings is 2. The van der Waals surface area contributed by atoms with Crippen molar-refractivity contribution in [3.8, 4) is 11.5 Å². The number of carbonyl (C=O) groups is 2. The molecular formula is C22H19BrN2O5. The van der Waals surface area contributed by atoms with Gasteiger partial charge in [-0.1, -0.05) is 6.07 Å². The standard InChI is InChI=1S/C22H19BrN2O5/c1-14-10-15(2)21(18(23)11-14)29-13-20(26)25-24-12-16-5-7-17(8-6-16)30-22(27)19-4-3-9-28-19/h3-12H,13H2,1-2H3,(H,25,26). The van der Waals surface area contributed by atoms with Crippen molar-refractivity contribution in [2.24, 2.45) is 5.10 Å². The fraction of sp³-hybridized carbons (Fsp3) is 0.136. The number of halogens is 1. The SMILES string of the molecule is Cc1cc(C)c(OCC(=O)NN=Cc2ccc(OC(=O)c3ccco3)cc2)c(Br)c1. The summed E-state index contributed by atoms with van der Waals surface area (Å²) in [5.74, 6) is 0.147. The molecule has 0 unspecified atom stereocenters. The maximum atomic E-state index is 12.0. The molecule has 1 N–H and O–H groups in total. The predicted octanol–water partition coefficient (Wildman–Crippen LogP) is 4.41. The van der Waals surface area contributed by atoms with Crippen molar-refractivity contribution in [1.29, 1.82) is 0 Å². The van der Waals surface area contributed by atoms with Gasteiger partial charge < -0.3 is 13.9 Å². The Labute approximate surface area is 181 Å². The van der Waals surface area contributed by atoms with Gasteiger partial charge in [-0.05, 0) is 88.9 Å². The van der Waals surface area contributed by atoms with E-state index in [1.807, 2.05) is 26.0 Å². The van der Waals surface area contributed by atoms with E-state index in [1.165, 1.54) is 18.5 Å². The van der Waals surface area contributed by atoms with Crippen molar-refractivity contribution >= 4 is 34.0 Å². The summed E-state index contributed by atoms with van der Waals surface area (Å²) >= 11 is 3.44. The zero-order valence-electron chi connectivity index (χ0n) is 16.3. The van der Waals surface area contributed by atoms with Gasteiger partial charge in [-0.3, -0.25) is 4.79 Å². The van der Waals surface area contributed by atoms with E-state index in [2.05, 4.69) is 26.5 Å². The number of hydrazone groups is 1. The molecule has 1 amide bonds. The lowest BCUT2D eigenvalue weighted by molar-refractivity contribution is -0.123. The first-order chi connectivity index (χ1) is 14.4. The highest BCUT2D eigenvalue weighted by Gasteiger charge is 2.11. The molecule has 8 heteroatoms. The van der Waals surface area contributed by atoms with Crippen molar-refractivity contribution < 1.29 is 23.5 Å². The smallest absolute Gasteiger partial charge is 0.379 e. The van der Waals surface area contributed by atoms with E-state index >= 15 is 0 Å². The highest BCUT2D eigenvalue weighted by molar-refractivity contribution is 9.10. The highest BCUT2D eigenvalue weighted by atomic mass is 79.9. The zero-order chi connectivity index (χ0) is 21.5. The van der Waals surface area contributed by atoms with Crippen LogP contribution in [0.1, 0.15) is 27.2 Å². The Balaban J connectivity index is 1.48. The first-order valence-corrected chi connectivity index (χ1v) is 9.79. The number of ether oxygens (including phenoxy) is 2. The van der Waals surface area contributed by atoms with Gasteiger partial charge in [0.25, 0.3) is 5.91 Å². The maximum Gasteiger partial charge on any atom is 0.379 e. The summed E-state index contributed by atoms with van der Waals surface area (Å²) in [5.41, 5.74) is 5.16. The van der Waals surface area contributed by atoms with E-state index in [9.17, 15) is 9.59 Å². The molecule has 0 bridgehead atoms. The number of nitrogens with zero attached hydrogens (tertiary/aromatic N) is 1. The average molecular weight is 471 g/mol. The van der Waals surface area contributed by atoms with E-state index < -0.39 is 5.97 Å². The molecule has 1 heterocycles. The number of furan rings is 1. The maximum absolute atomic E-state index is 12.0. The number of amides is 1. The molecule has 1 aromatic heterocycles. The van der Waals surface area contributed by atoms with Gasteiger partial charge in [-0.2, -0.15) is 5.10 Å². The minimum atomic E-state index is -0.580. The predicted molar refractivity (Wildman–Crippen MR) is 115 cm³/mol. The third-order valence-corrected chi connectivity index (χ3v) is 4.53. The summed E-state index contributed by atoms with van der Waals surface area (Å²) in [6.07, 6.45) is 2.87. The Bertz CT molecular complexity index is 1040. The van der Waals surface area contributed by atoms with E-state index in [4.69, 9.17) is 13.9 Å². The van der Waals surface area contributed by atoms with Crippen LogP contribution in [0.3, 0.4) is 0 Å². The first-order valence-electron chi connectivity index (χ1n) is 8.99. The van der Waals surface area contributed by atoms with Crippen molar-refractivity contribution in [2.45, 2.75) is 13.8 Å². The third-order valence-electron chi connectivity index (χ3n) is 3.94. The summed E-state index contributed by atoms with van der Waals surface area (Å²) in [6, 6.07) is 13.7. The molecule has 0 spiro atoms. The molecule has 0 saturated carbocycles. The van der Waals surface area contributed by atoms with Crippen LogP contribution in [0.5, 0.6) is 11.5 Å². The van der Waals surface area contributed by atoms with Gasteiger partial charge in [0.05, 0.1) is 17.0 Å². The van der Waals surface area contributed by atoms with E-state index in [0.29, 0.717) is 17.1 Å². The topological polar surface area (TPSA) is 90.1 Å². The molecule has 0 radical (unpaired) electrons. The Morgan fingerprint density at radius 1 is 1.17 bits per heavy atom. The summed E-state index contributed by atoms with van der Waals surface area (Å²) in [5, 5.41) is 3.91. The average Bonchev–Trinajstić information content (AvgIpc) is 3.23. The van der Waals surface area contributed by atoms with Gasteiger partial charge in [-0.25, -0.2) is 10.2 Å². The molecular weight excluding hydrogens is 452 g/mol. The first kappa shape index (κ1) is 21.3. The molecule has 0 saturated heterocycles. The monoisotopic (exact) mass is 470 g/mol. The Morgan fingerprint density at radius 2 is 1.93 bits per heavy atom. The van der Waals surface area contributed by atoms with Gasteiger partial charge in [0.15, 0.2) is 6.61 Å². The van der Waals surface area contributed by atoms with Crippen LogP contribution in [0.25, 0.3) is 0 Å². The van der Waals surface area contributed by atoms with Crippen LogP contribution in [0, 0.1) is 13.8 Å². The summed E-state index contributed by atoms with van der Waals surface area (Å²) < 4.78 is 16.6. The second-order valence-corrected chi connectivity index (χ2v) is 7.26. The number of carbonyl (C=O) groups excluding carboxylic acids is 2. The van der Waals surface area contributed by atoms with Crippen molar-refractivity contribution in [1.82, 2.24) is 5.43 Å². The van der Waals surface area contributed by atoms with Gasteiger partial charge >= 0.3 is 5.97 Å². The fourth-order valence-electron chi connectivity index (χ4n) is 2.61. The zero-order valence-corrected chi connectivity index (χ0v) is 17.9. The van der Waals surface area contributed by atoms with Crippen LogP contribution < -0.4 is 14.9 Å². The number of esters is 1. The third kappa shape index (κ3) is 5.81. The van der Waals surface area contributed by atoms with E-state index in [1.54, 1.807) is 30.3 Å². The van der Waals surface area contributed by atoms with Crippen LogP contribution in [0.2, 0.25) is 0 Å². The number of hydrogen-bond donors (Lipinski definition) is 1.